The summed E-state index contributed by atoms with van der Waals surface area (Å²) in [5.74, 6) is 0. The Hall–Kier alpha value is -0.640. The van der Waals surface area contributed by atoms with Gasteiger partial charge in [0, 0.05) is 24.4 Å². The second kappa shape index (κ2) is 5.17. The molecule has 1 aromatic heterocycles. The van der Waals surface area contributed by atoms with Gasteiger partial charge in [-0.05, 0) is 18.9 Å². The van der Waals surface area contributed by atoms with Crippen LogP contribution in [0.5, 0.6) is 0 Å². The lowest BCUT2D eigenvalue weighted by Crippen LogP contribution is -2.11. The molecule has 0 amide bonds. The summed E-state index contributed by atoms with van der Waals surface area (Å²) in [6.45, 7) is 0.158. The quantitative estimate of drug-likeness (QED) is 0.725. The van der Waals surface area contributed by atoms with E-state index in [-0.39, 0.29) is 12.6 Å². The molecule has 0 saturated carbocycles. The minimum Gasteiger partial charge on any atom is -0.396 e. The van der Waals surface area contributed by atoms with Gasteiger partial charge in [-0.25, -0.2) is 4.98 Å². The smallest absolute Gasteiger partial charge is 0.133 e. The van der Waals surface area contributed by atoms with Gasteiger partial charge in [-0.15, -0.1) is 0 Å². The molecular formula is C9H13ClN2O. The molecule has 72 valence electrons. The second-order valence-corrected chi connectivity index (χ2v) is 3.21. The third kappa shape index (κ3) is 2.95. The van der Waals surface area contributed by atoms with E-state index in [1.54, 1.807) is 12.3 Å². The van der Waals surface area contributed by atoms with E-state index in [0.29, 0.717) is 11.6 Å². The zero-order valence-corrected chi connectivity index (χ0v) is 8.04. The summed E-state index contributed by atoms with van der Waals surface area (Å²) in [6.07, 6.45) is 3.04. The first-order valence-corrected chi connectivity index (χ1v) is 4.60. The monoisotopic (exact) mass is 200 g/mol. The summed E-state index contributed by atoms with van der Waals surface area (Å²) < 4.78 is 0. The van der Waals surface area contributed by atoms with Crippen LogP contribution in [0, 0.1) is 0 Å². The van der Waals surface area contributed by atoms with Gasteiger partial charge < -0.3 is 10.8 Å². The Kier molecular flexibility index (Phi) is 4.15. The van der Waals surface area contributed by atoms with Crippen LogP contribution in [0.25, 0.3) is 0 Å². The van der Waals surface area contributed by atoms with Gasteiger partial charge in [-0.3, -0.25) is 0 Å². The summed E-state index contributed by atoms with van der Waals surface area (Å²) in [5, 5.41) is 9.08. The van der Waals surface area contributed by atoms with Crippen LogP contribution >= 0.6 is 11.6 Å². The minimum absolute atomic E-state index is 0.131. The van der Waals surface area contributed by atoms with Crippen LogP contribution in [0.2, 0.25) is 5.15 Å². The maximum Gasteiger partial charge on any atom is 0.133 e. The summed E-state index contributed by atoms with van der Waals surface area (Å²) >= 11 is 5.84. The number of nitrogens with zero attached hydrogens (tertiary/aromatic N) is 1. The first-order valence-electron chi connectivity index (χ1n) is 4.22. The van der Waals surface area contributed by atoms with Crippen LogP contribution in [-0.2, 0) is 0 Å². The SMILES string of the molecule is N[C@@H](CCCO)c1cccnc1Cl. The molecule has 0 spiro atoms. The molecule has 0 aromatic carbocycles. The molecule has 13 heavy (non-hydrogen) atoms. The summed E-state index contributed by atoms with van der Waals surface area (Å²) in [7, 11) is 0. The highest BCUT2D eigenvalue weighted by atomic mass is 35.5. The van der Waals surface area contributed by atoms with Crippen LogP contribution in [0.15, 0.2) is 18.3 Å². The number of halogens is 1. The fourth-order valence-electron chi connectivity index (χ4n) is 1.14. The van der Waals surface area contributed by atoms with Crippen molar-refractivity contribution in [1.82, 2.24) is 4.98 Å². The Morgan fingerprint density at radius 1 is 1.62 bits per heavy atom. The predicted octanol–water partition coefficient (Wildman–Crippen LogP) is 1.51. The average molecular weight is 201 g/mol. The van der Waals surface area contributed by atoms with Gasteiger partial charge in [0.15, 0.2) is 0 Å². The molecule has 0 fully saturated rings. The van der Waals surface area contributed by atoms with Crippen molar-refractivity contribution < 1.29 is 5.11 Å². The largest absolute Gasteiger partial charge is 0.396 e. The Labute approximate surface area is 82.5 Å². The Morgan fingerprint density at radius 3 is 3.00 bits per heavy atom. The number of aliphatic hydroxyl groups excluding tert-OH is 1. The van der Waals surface area contributed by atoms with Crippen molar-refractivity contribution in [2.45, 2.75) is 18.9 Å². The van der Waals surface area contributed by atoms with Crippen molar-refractivity contribution in [3.8, 4) is 0 Å². The first-order chi connectivity index (χ1) is 6.25. The van der Waals surface area contributed by atoms with Gasteiger partial charge in [0.1, 0.15) is 5.15 Å². The highest BCUT2D eigenvalue weighted by molar-refractivity contribution is 6.30. The standard InChI is InChI=1S/C9H13ClN2O/c10-9-7(3-1-5-12-9)8(11)4-2-6-13/h1,3,5,8,13H,2,4,6,11H2/t8-/m0/s1. The lowest BCUT2D eigenvalue weighted by atomic mass is 10.1. The number of hydrogen-bond acceptors (Lipinski definition) is 3. The molecule has 0 bridgehead atoms. The Balaban J connectivity index is 2.65. The van der Waals surface area contributed by atoms with Crippen LogP contribution in [0.1, 0.15) is 24.4 Å². The number of pyridine rings is 1. The van der Waals surface area contributed by atoms with E-state index in [1.165, 1.54) is 0 Å². The number of nitrogens with two attached hydrogens (primary N) is 1. The molecule has 0 radical (unpaired) electrons. The molecule has 0 saturated heterocycles. The van der Waals surface area contributed by atoms with Crippen molar-refractivity contribution >= 4 is 11.6 Å². The fraction of sp³-hybridized carbons (Fsp3) is 0.444. The molecule has 1 heterocycles. The van der Waals surface area contributed by atoms with Crippen molar-refractivity contribution in [3.05, 3.63) is 29.0 Å². The molecule has 3 nitrogen and oxygen atoms in total. The van der Waals surface area contributed by atoms with Crippen LogP contribution in [-0.4, -0.2) is 16.7 Å². The van der Waals surface area contributed by atoms with Gasteiger partial charge in [-0.1, -0.05) is 17.7 Å². The lowest BCUT2D eigenvalue weighted by Gasteiger charge is -2.11. The minimum atomic E-state index is -0.131. The Bertz CT molecular complexity index is 268. The highest BCUT2D eigenvalue weighted by Gasteiger charge is 2.09. The predicted molar refractivity (Wildman–Crippen MR) is 52.5 cm³/mol. The van der Waals surface area contributed by atoms with Crippen LogP contribution < -0.4 is 5.73 Å². The van der Waals surface area contributed by atoms with Gasteiger partial charge in [0.05, 0.1) is 0 Å². The highest BCUT2D eigenvalue weighted by Crippen LogP contribution is 2.21. The Morgan fingerprint density at radius 2 is 2.38 bits per heavy atom. The third-order valence-corrected chi connectivity index (χ3v) is 2.18. The number of aromatic nitrogens is 1. The van der Waals surface area contributed by atoms with Gasteiger partial charge in [0.25, 0.3) is 0 Å². The van der Waals surface area contributed by atoms with E-state index < -0.39 is 0 Å². The normalized spacial score (nSPS) is 12.8. The van der Waals surface area contributed by atoms with Gasteiger partial charge in [-0.2, -0.15) is 0 Å². The lowest BCUT2D eigenvalue weighted by molar-refractivity contribution is 0.280. The molecule has 3 N–H and O–H groups in total. The van der Waals surface area contributed by atoms with E-state index in [4.69, 9.17) is 22.4 Å². The van der Waals surface area contributed by atoms with Gasteiger partial charge in [0.2, 0.25) is 0 Å². The van der Waals surface area contributed by atoms with E-state index >= 15 is 0 Å². The fourth-order valence-corrected chi connectivity index (χ4v) is 1.40. The van der Waals surface area contributed by atoms with Crippen LogP contribution in [0.3, 0.4) is 0 Å². The number of rotatable bonds is 4. The maximum absolute atomic E-state index is 8.63. The van der Waals surface area contributed by atoms with Crippen LogP contribution in [0.4, 0.5) is 0 Å². The van der Waals surface area contributed by atoms with Crippen molar-refractivity contribution in [3.63, 3.8) is 0 Å². The van der Waals surface area contributed by atoms with Crippen molar-refractivity contribution in [2.24, 2.45) is 5.73 Å². The molecule has 1 atom stereocenters. The number of aliphatic hydroxyl groups is 1. The van der Waals surface area contributed by atoms with Crippen molar-refractivity contribution in [2.75, 3.05) is 6.61 Å². The molecule has 4 heteroatoms. The maximum atomic E-state index is 8.63. The molecule has 0 aliphatic heterocycles. The van der Waals surface area contributed by atoms with Crippen molar-refractivity contribution in [1.29, 1.82) is 0 Å². The molecule has 0 aliphatic rings. The molecular weight excluding hydrogens is 188 g/mol. The third-order valence-electron chi connectivity index (χ3n) is 1.86. The molecule has 1 rings (SSSR count). The number of hydrogen-bond donors (Lipinski definition) is 2. The summed E-state index contributed by atoms with van der Waals surface area (Å²) in [5.41, 5.74) is 6.69. The van der Waals surface area contributed by atoms with E-state index in [1.807, 2.05) is 6.07 Å². The topological polar surface area (TPSA) is 59.1 Å². The second-order valence-electron chi connectivity index (χ2n) is 2.86. The van der Waals surface area contributed by atoms with E-state index in [2.05, 4.69) is 4.98 Å². The zero-order chi connectivity index (χ0) is 9.68. The average Bonchev–Trinajstić information content (AvgIpc) is 2.15. The van der Waals surface area contributed by atoms with E-state index in [0.717, 1.165) is 12.0 Å². The molecule has 0 unspecified atom stereocenters. The molecule has 1 aromatic rings. The van der Waals surface area contributed by atoms with Gasteiger partial charge >= 0.3 is 0 Å². The summed E-state index contributed by atoms with van der Waals surface area (Å²) in [6, 6.07) is 3.53. The molecule has 0 aliphatic carbocycles. The summed E-state index contributed by atoms with van der Waals surface area (Å²) in [4.78, 5) is 3.93. The first kappa shape index (κ1) is 10.4. The van der Waals surface area contributed by atoms with E-state index in [9.17, 15) is 0 Å². The zero-order valence-electron chi connectivity index (χ0n) is 7.28.